The minimum Gasteiger partial charge on any atom is -0.362 e. The fraction of sp³-hybridized carbons (Fsp3) is 0.240. The van der Waals surface area contributed by atoms with Crippen LogP contribution in [0.5, 0.6) is 0 Å². The van der Waals surface area contributed by atoms with Crippen LogP contribution in [0.3, 0.4) is 0 Å². The Morgan fingerprint density at radius 3 is 2.41 bits per heavy atom. The molecule has 0 aliphatic rings. The molecule has 0 saturated carbocycles. The largest absolute Gasteiger partial charge is 0.362 e. The molecule has 164 valence electrons. The lowest BCUT2D eigenvalue weighted by Gasteiger charge is -2.15. The molecule has 0 N–H and O–H groups in total. The van der Waals surface area contributed by atoms with E-state index in [1.54, 1.807) is 12.3 Å². The van der Waals surface area contributed by atoms with Gasteiger partial charge in [0.1, 0.15) is 17.5 Å². The van der Waals surface area contributed by atoms with Crippen molar-refractivity contribution in [2.45, 2.75) is 26.2 Å². The third-order valence-corrected chi connectivity index (χ3v) is 5.49. The van der Waals surface area contributed by atoms with Crippen molar-refractivity contribution in [3.63, 3.8) is 0 Å². The average molecular weight is 434 g/mol. The molecular formula is C25H24F2N4O. The van der Waals surface area contributed by atoms with Crippen molar-refractivity contribution >= 4 is 5.82 Å². The standard InChI is InChI=1S/C25H24F2N4O/c1-15-7-8-17(10-16(15)2)11-22(18-12-19(26)14-20(27)13-18)25-29-23(30-32-25)21-6-5-9-28-24(21)31(3)4/h5-10,12-14,22H,11H2,1-4H3. The number of halogens is 2. The molecule has 4 aromatic rings. The molecule has 0 amide bonds. The monoisotopic (exact) mass is 434 g/mol. The Morgan fingerprint density at radius 1 is 0.969 bits per heavy atom. The first kappa shape index (κ1) is 21.6. The van der Waals surface area contributed by atoms with Gasteiger partial charge in [0.05, 0.1) is 11.5 Å². The summed E-state index contributed by atoms with van der Waals surface area (Å²) in [6.07, 6.45) is 2.15. The van der Waals surface area contributed by atoms with Gasteiger partial charge in [-0.05, 0) is 66.8 Å². The Morgan fingerprint density at radius 2 is 1.72 bits per heavy atom. The molecule has 0 spiro atoms. The zero-order valence-corrected chi connectivity index (χ0v) is 18.4. The summed E-state index contributed by atoms with van der Waals surface area (Å²) in [4.78, 5) is 10.8. The lowest BCUT2D eigenvalue weighted by Crippen LogP contribution is -2.12. The lowest BCUT2D eigenvalue weighted by atomic mass is 9.90. The van der Waals surface area contributed by atoms with Gasteiger partial charge in [-0.15, -0.1) is 0 Å². The topological polar surface area (TPSA) is 55.1 Å². The molecule has 4 rings (SSSR count). The number of aryl methyl sites for hydroxylation is 2. The minimum absolute atomic E-state index is 0.289. The van der Waals surface area contributed by atoms with Gasteiger partial charge in [0, 0.05) is 26.4 Å². The fourth-order valence-electron chi connectivity index (χ4n) is 3.70. The molecule has 2 aromatic heterocycles. The van der Waals surface area contributed by atoms with E-state index in [4.69, 9.17) is 4.52 Å². The highest BCUT2D eigenvalue weighted by atomic mass is 19.1. The summed E-state index contributed by atoms with van der Waals surface area (Å²) in [5.74, 6) is -0.445. The van der Waals surface area contributed by atoms with Crippen LogP contribution in [-0.2, 0) is 6.42 Å². The molecule has 1 atom stereocenters. The number of anilines is 1. The van der Waals surface area contributed by atoms with Gasteiger partial charge >= 0.3 is 0 Å². The number of hydrogen-bond donors (Lipinski definition) is 0. The van der Waals surface area contributed by atoms with E-state index in [1.807, 2.05) is 51.0 Å². The summed E-state index contributed by atoms with van der Waals surface area (Å²) in [6, 6.07) is 13.3. The predicted octanol–water partition coefficient (Wildman–Crippen LogP) is 5.47. The van der Waals surface area contributed by atoms with Crippen molar-refractivity contribution in [2.24, 2.45) is 0 Å². The van der Waals surface area contributed by atoms with E-state index in [1.165, 1.54) is 17.7 Å². The molecule has 0 aliphatic heterocycles. The molecule has 7 heteroatoms. The first-order chi connectivity index (χ1) is 15.3. The normalized spacial score (nSPS) is 12.1. The molecule has 32 heavy (non-hydrogen) atoms. The third-order valence-electron chi connectivity index (χ3n) is 5.49. The first-order valence-electron chi connectivity index (χ1n) is 10.3. The highest BCUT2D eigenvalue weighted by molar-refractivity contribution is 5.70. The van der Waals surface area contributed by atoms with Gasteiger partial charge in [-0.1, -0.05) is 23.4 Å². The van der Waals surface area contributed by atoms with Crippen molar-refractivity contribution in [3.8, 4) is 11.4 Å². The van der Waals surface area contributed by atoms with Gasteiger partial charge in [0.25, 0.3) is 0 Å². The predicted molar refractivity (Wildman–Crippen MR) is 120 cm³/mol. The second-order valence-electron chi connectivity index (χ2n) is 8.10. The Balaban J connectivity index is 1.78. The number of pyridine rings is 1. The Bertz CT molecular complexity index is 1230. The summed E-state index contributed by atoms with van der Waals surface area (Å²) in [5.41, 5.74) is 4.48. The van der Waals surface area contributed by atoms with Crippen LogP contribution in [0, 0.1) is 25.5 Å². The van der Waals surface area contributed by atoms with E-state index in [0.29, 0.717) is 29.2 Å². The van der Waals surface area contributed by atoms with Gasteiger partial charge in [0.2, 0.25) is 11.7 Å². The summed E-state index contributed by atoms with van der Waals surface area (Å²) in [6.45, 7) is 4.07. The fourth-order valence-corrected chi connectivity index (χ4v) is 3.70. The summed E-state index contributed by atoms with van der Waals surface area (Å²) in [7, 11) is 3.76. The summed E-state index contributed by atoms with van der Waals surface area (Å²) >= 11 is 0. The number of benzene rings is 2. The van der Waals surface area contributed by atoms with E-state index in [9.17, 15) is 8.78 Å². The number of hydrogen-bond acceptors (Lipinski definition) is 5. The van der Waals surface area contributed by atoms with Crippen LogP contribution in [-0.4, -0.2) is 29.2 Å². The zero-order valence-electron chi connectivity index (χ0n) is 18.4. The molecule has 0 radical (unpaired) electrons. The third kappa shape index (κ3) is 4.51. The van der Waals surface area contributed by atoms with Gasteiger partial charge < -0.3 is 9.42 Å². The molecule has 1 unspecified atom stereocenters. The number of aromatic nitrogens is 3. The van der Waals surface area contributed by atoms with Crippen LogP contribution in [0.1, 0.15) is 34.1 Å². The van der Waals surface area contributed by atoms with Crippen LogP contribution in [0.25, 0.3) is 11.4 Å². The zero-order chi connectivity index (χ0) is 22.8. The van der Waals surface area contributed by atoms with Crippen LogP contribution >= 0.6 is 0 Å². The molecule has 2 aromatic carbocycles. The van der Waals surface area contributed by atoms with Crippen molar-refractivity contribution in [1.82, 2.24) is 15.1 Å². The second kappa shape index (κ2) is 8.86. The Hall–Kier alpha value is -3.61. The van der Waals surface area contributed by atoms with E-state index in [2.05, 4.69) is 21.2 Å². The maximum atomic E-state index is 14.1. The molecule has 0 saturated heterocycles. The van der Waals surface area contributed by atoms with Gasteiger partial charge in [-0.3, -0.25) is 0 Å². The highest BCUT2D eigenvalue weighted by Crippen LogP contribution is 2.32. The molecule has 0 fully saturated rings. The molecular weight excluding hydrogens is 410 g/mol. The van der Waals surface area contributed by atoms with E-state index < -0.39 is 17.6 Å². The van der Waals surface area contributed by atoms with Crippen LogP contribution in [0.15, 0.2) is 59.3 Å². The van der Waals surface area contributed by atoms with Crippen LogP contribution in [0.2, 0.25) is 0 Å². The molecule has 2 heterocycles. The van der Waals surface area contributed by atoms with E-state index in [0.717, 1.165) is 17.2 Å². The summed E-state index contributed by atoms with van der Waals surface area (Å²) in [5, 5.41) is 4.15. The van der Waals surface area contributed by atoms with Crippen molar-refractivity contribution < 1.29 is 13.3 Å². The SMILES string of the molecule is Cc1ccc(CC(c2cc(F)cc(F)c2)c2nc(-c3cccnc3N(C)C)no2)cc1C. The van der Waals surface area contributed by atoms with Crippen LogP contribution in [0.4, 0.5) is 14.6 Å². The molecule has 5 nitrogen and oxygen atoms in total. The van der Waals surface area contributed by atoms with E-state index >= 15 is 0 Å². The quantitative estimate of drug-likeness (QED) is 0.403. The lowest BCUT2D eigenvalue weighted by molar-refractivity contribution is 0.364. The average Bonchev–Trinajstić information content (AvgIpc) is 3.23. The maximum absolute atomic E-state index is 14.1. The molecule has 0 bridgehead atoms. The van der Waals surface area contributed by atoms with Crippen LogP contribution < -0.4 is 4.90 Å². The van der Waals surface area contributed by atoms with Gasteiger partial charge in [0.15, 0.2) is 0 Å². The minimum atomic E-state index is -0.646. The first-order valence-corrected chi connectivity index (χ1v) is 10.3. The molecule has 0 aliphatic carbocycles. The number of nitrogens with zero attached hydrogens (tertiary/aromatic N) is 4. The summed E-state index contributed by atoms with van der Waals surface area (Å²) < 4.78 is 33.7. The second-order valence-corrected chi connectivity index (χ2v) is 8.10. The van der Waals surface area contributed by atoms with Crippen molar-refractivity contribution in [2.75, 3.05) is 19.0 Å². The Labute approximate surface area is 185 Å². The van der Waals surface area contributed by atoms with Crippen molar-refractivity contribution in [1.29, 1.82) is 0 Å². The van der Waals surface area contributed by atoms with Gasteiger partial charge in [-0.2, -0.15) is 4.98 Å². The van der Waals surface area contributed by atoms with Crippen molar-refractivity contribution in [3.05, 3.63) is 94.5 Å². The maximum Gasteiger partial charge on any atom is 0.234 e. The van der Waals surface area contributed by atoms with E-state index in [-0.39, 0.29) is 5.89 Å². The Kier molecular flexibility index (Phi) is 5.99. The smallest absolute Gasteiger partial charge is 0.234 e. The highest BCUT2D eigenvalue weighted by Gasteiger charge is 2.25. The van der Waals surface area contributed by atoms with Gasteiger partial charge in [-0.25, -0.2) is 13.8 Å². The number of rotatable bonds is 6.